The second-order valence-corrected chi connectivity index (χ2v) is 4.26. The molecule has 0 radical (unpaired) electrons. The average molecular weight is 219 g/mol. The van der Waals surface area contributed by atoms with E-state index in [4.69, 9.17) is 4.74 Å². The Morgan fingerprint density at radius 3 is 2.62 bits per heavy atom. The summed E-state index contributed by atoms with van der Waals surface area (Å²) in [5, 5.41) is 0. The monoisotopic (exact) mass is 219 g/mol. The Kier molecular flexibility index (Phi) is 3.91. The molecule has 1 aliphatic carbocycles. The Labute approximate surface area is 95.8 Å². The Bertz CT molecular complexity index is 329. The fourth-order valence-electron chi connectivity index (χ4n) is 2.06. The molecule has 3 nitrogen and oxygen atoms in total. The van der Waals surface area contributed by atoms with Gasteiger partial charge in [0.1, 0.15) is 6.10 Å². The predicted molar refractivity (Wildman–Crippen MR) is 61.1 cm³/mol. The first-order chi connectivity index (χ1) is 7.86. The minimum absolute atomic E-state index is 0.107. The molecule has 16 heavy (non-hydrogen) atoms. The van der Waals surface area contributed by atoms with E-state index in [0.29, 0.717) is 5.56 Å². The van der Waals surface area contributed by atoms with Gasteiger partial charge in [-0.15, -0.1) is 0 Å². The third-order valence-corrected chi connectivity index (χ3v) is 2.97. The summed E-state index contributed by atoms with van der Waals surface area (Å²) in [7, 11) is 0. The molecule has 2 rings (SSSR count). The van der Waals surface area contributed by atoms with Gasteiger partial charge in [-0.1, -0.05) is 12.8 Å². The van der Waals surface area contributed by atoms with Gasteiger partial charge >= 0.3 is 5.97 Å². The summed E-state index contributed by atoms with van der Waals surface area (Å²) in [6.45, 7) is 0. The SMILES string of the molecule is O=C(OC1CCCCCC1)c1cccnc1. The number of hydrogen-bond donors (Lipinski definition) is 0. The number of rotatable bonds is 2. The Morgan fingerprint density at radius 1 is 1.25 bits per heavy atom. The quantitative estimate of drug-likeness (QED) is 0.567. The molecule has 0 atom stereocenters. The summed E-state index contributed by atoms with van der Waals surface area (Å²) in [5.41, 5.74) is 0.548. The van der Waals surface area contributed by atoms with Crippen LogP contribution in [0.25, 0.3) is 0 Å². The first kappa shape index (κ1) is 11.1. The zero-order valence-corrected chi connectivity index (χ0v) is 9.39. The number of pyridine rings is 1. The molecule has 0 aliphatic heterocycles. The standard InChI is InChI=1S/C13H17NO2/c15-13(11-6-5-9-14-10-11)16-12-7-3-1-2-4-8-12/h5-6,9-10,12H,1-4,7-8H2. The van der Waals surface area contributed by atoms with E-state index in [0.717, 1.165) is 12.8 Å². The van der Waals surface area contributed by atoms with Gasteiger partial charge in [-0.05, 0) is 37.8 Å². The Balaban J connectivity index is 1.91. The molecule has 1 aromatic heterocycles. The lowest BCUT2D eigenvalue weighted by atomic mass is 10.1. The van der Waals surface area contributed by atoms with Crippen molar-refractivity contribution < 1.29 is 9.53 Å². The molecule has 0 saturated heterocycles. The van der Waals surface area contributed by atoms with E-state index in [1.807, 2.05) is 0 Å². The Hall–Kier alpha value is -1.38. The van der Waals surface area contributed by atoms with E-state index in [9.17, 15) is 4.79 Å². The second kappa shape index (κ2) is 5.64. The first-order valence-electron chi connectivity index (χ1n) is 5.97. The zero-order valence-electron chi connectivity index (χ0n) is 9.39. The van der Waals surface area contributed by atoms with Crippen LogP contribution in [0.1, 0.15) is 48.9 Å². The van der Waals surface area contributed by atoms with Gasteiger partial charge in [0, 0.05) is 12.4 Å². The molecule has 3 heteroatoms. The van der Waals surface area contributed by atoms with Gasteiger partial charge in [0.25, 0.3) is 0 Å². The first-order valence-corrected chi connectivity index (χ1v) is 5.97. The molecule has 0 amide bonds. The maximum atomic E-state index is 11.8. The molecular weight excluding hydrogens is 202 g/mol. The van der Waals surface area contributed by atoms with Crippen molar-refractivity contribution in [1.29, 1.82) is 0 Å². The van der Waals surface area contributed by atoms with Gasteiger partial charge in [-0.25, -0.2) is 4.79 Å². The molecule has 86 valence electrons. The third-order valence-electron chi connectivity index (χ3n) is 2.97. The van der Waals surface area contributed by atoms with E-state index in [1.54, 1.807) is 24.5 Å². The van der Waals surface area contributed by atoms with Gasteiger partial charge in [0.05, 0.1) is 5.56 Å². The van der Waals surface area contributed by atoms with Crippen molar-refractivity contribution in [2.45, 2.75) is 44.6 Å². The van der Waals surface area contributed by atoms with Crippen molar-refractivity contribution in [2.75, 3.05) is 0 Å². The molecule has 1 aliphatic rings. The molecule has 1 aromatic rings. The summed E-state index contributed by atoms with van der Waals surface area (Å²) in [6, 6.07) is 3.50. The summed E-state index contributed by atoms with van der Waals surface area (Å²) in [5.74, 6) is -0.236. The lowest BCUT2D eigenvalue weighted by molar-refractivity contribution is 0.0267. The van der Waals surface area contributed by atoms with Crippen LogP contribution in [0.3, 0.4) is 0 Å². The smallest absolute Gasteiger partial charge is 0.339 e. The molecular formula is C13H17NO2. The van der Waals surface area contributed by atoms with E-state index >= 15 is 0 Å². The maximum Gasteiger partial charge on any atom is 0.339 e. The molecule has 0 bridgehead atoms. The van der Waals surface area contributed by atoms with Gasteiger partial charge in [-0.3, -0.25) is 4.98 Å². The number of carbonyl (C=O) groups excluding carboxylic acids is 1. The van der Waals surface area contributed by atoms with Crippen molar-refractivity contribution in [3.63, 3.8) is 0 Å². The third kappa shape index (κ3) is 3.05. The number of nitrogens with zero attached hydrogens (tertiary/aromatic N) is 1. The fraction of sp³-hybridized carbons (Fsp3) is 0.538. The van der Waals surface area contributed by atoms with Crippen LogP contribution in [0.5, 0.6) is 0 Å². The van der Waals surface area contributed by atoms with Gasteiger partial charge < -0.3 is 4.74 Å². The van der Waals surface area contributed by atoms with E-state index in [2.05, 4.69) is 4.98 Å². The van der Waals surface area contributed by atoms with Crippen molar-refractivity contribution in [2.24, 2.45) is 0 Å². The molecule has 0 unspecified atom stereocenters. The van der Waals surface area contributed by atoms with Crippen LogP contribution in [0.4, 0.5) is 0 Å². The van der Waals surface area contributed by atoms with E-state index < -0.39 is 0 Å². The summed E-state index contributed by atoms with van der Waals surface area (Å²) in [6.07, 6.45) is 10.2. The van der Waals surface area contributed by atoms with Crippen molar-refractivity contribution >= 4 is 5.97 Å². The lowest BCUT2D eigenvalue weighted by Crippen LogP contribution is -2.17. The highest BCUT2D eigenvalue weighted by Gasteiger charge is 2.17. The number of esters is 1. The number of hydrogen-bond acceptors (Lipinski definition) is 3. The highest BCUT2D eigenvalue weighted by atomic mass is 16.5. The predicted octanol–water partition coefficient (Wildman–Crippen LogP) is 2.96. The fourth-order valence-corrected chi connectivity index (χ4v) is 2.06. The molecule has 0 spiro atoms. The highest BCUT2D eigenvalue weighted by molar-refractivity contribution is 5.89. The van der Waals surface area contributed by atoms with Gasteiger partial charge in [0.15, 0.2) is 0 Å². The summed E-state index contributed by atoms with van der Waals surface area (Å²) in [4.78, 5) is 15.7. The number of ether oxygens (including phenoxy) is 1. The zero-order chi connectivity index (χ0) is 11.2. The van der Waals surface area contributed by atoms with E-state index in [1.165, 1.54) is 25.7 Å². The van der Waals surface area contributed by atoms with Crippen LogP contribution in [-0.2, 0) is 4.74 Å². The minimum atomic E-state index is -0.236. The van der Waals surface area contributed by atoms with Crippen LogP contribution in [0.2, 0.25) is 0 Å². The number of carbonyl (C=O) groups is 1. The van der Waals surface area contributed by atoms with E-state index in [-0.39, 0.29) is 12.1 Å². The Morgan fingerprint density at radius 2 is 2.00 bits per heavy atom. The maximum absolute atomic E-state index is 11.8. The van der Waals surface area contributed by atoms with Gasteiger partial charge in [0.2, 0.25) is 0 Å². The molecule has 1 saturated carbocycles. The summed E-state index contributed by atoms with van der Waals surface area (Å²) < 4.78 is 5.48. The minimum Gasteiger partial charge on any atom is -0.459 e. The largest absolute Gasteiger partial charge is 0.459 e. The highest BCUT2D eigenvalue weighted by Crippen LogP contribution is 2.20. The molecule has 1 fully saturated rings. The van der Waals surface area contributed by atoms with Crippen molar-refractivity contribution in [1.82, 2.24) is 4.98 Å². The molecule has 0 aromatic carbocycles. The average Bonchev–Trinajstić information content (AvgIpc) is 2.59. The van der Waals surface area contributed by atoms with Crippen LogP contribution in [-0.4, -0.2) is 17.1 Å². The molecule has 0 N–H and O–H groups in total. The van der Waals surface area contributed by atoms with Crippen LogP contribution in [0.15, 0.2) is 24.5 Å². The lowest BCUT2D eigenvalue weighted by Gasteiger charge is -2.15. The van der Waals surface area contributed by atoms with Crippen LogP contribution >= 0.6 is 0 Å². The van der Waals surface area contributed by atoms with Crippen LogP contribution in [0, 0.1) is 0 Å². The van der Waals surface area contributed by atoms with Crippen molar-refractivity contribution in [3.05, 3.63) is 30.1 Å². The number of aromatic nitrogens is 1. The summed E-state index contributed by atoms with van der Waals surface area (Å²) >= 11 is 0. The topological polar surface area (TPSA) is 39.2 Å². The second-order valence-electron chi connectivity index (χ2n) is 4.26. The van der Waals surface area contributed by atoms with Crippen molar-refractivity contribution in [3.8, 4) is 0 Å². The van der Waals surface area contributed by atoms with Crippen LogP contribution < -0.4 is 0 Å². The molecule has 1 heterocycles. The normalized spacial score (nSPS) is 17.8. The van der Waals surface area contributed by atoms with Gasteiger partial charge in [-0.2, -0.15) is 0 Å².